The summed E-state index contributed by atoms with van der Waals surface area (Å²) in [6.07, 6.45) is 10.0. The monoisotopic (exact) mass is 135 g/mol. The van der Waals surface area contributed by atoms with Gasteiger partial charge in [-0.3, -0.25) is 0 Å². The first kappa shape index (κ1) is 7.34. The van der Waals surface area contributed by atoms with Crippen molar-refractivity contribution >= 4 is 0 Å². The fraction of sp³-hybridized carbons (Fsp3) is 0.667. The van der Waals surface area contributed by atoms with Gasteiger partial charge in [-0.25, -0.2) is 0 Å². The van der Waals surface area contributed by atoms with E-state index in [0.29, 0.717) is 5.92 Å². The molecule has 1 rings (SSSR count). The van der Waals surface area contributed by atoms with Gasteiger partial charge in [-0.2, -0.15) is 5.26 Å². The van der Waals surface area contributed by atoms with E-state index in [1.165, 1.54) is 6.42 Å². The highest BCUT2D eigenvalue weighted by molar-refractivity contribution is 4.90. The Bertz CT molecular complexity index is 153. The molecule has 0 N–H and O–H groups in total. The first-order chi connectivity index (χ1) is 4.93. The molecular weight excluding hydrogens is 122 g/mol. The number of hydrogen-bond acceptors (Lipinski definition) is 1. The van der Waals surface area contributed by atoms with E-state index >= 15 is 0 Å². The van der Waals surface area contributed by atoms with E-state index < -0.39 is 0 Å². The Morgan fingerprint density at radius 1 is 1.20 bits per heavy atom. The van der Waals surface area contributed by atoms with Crippen LogP contribution in [0.1, 0.15) is 32.1 Å². The molecule has 0 saturated heterocycles. The van der Waals surface area contributed by atoms with Gasteiger partial charge in [0, 0.05) is 5.92 Å². The van der Waals surface area contributed by atoms with Crippen molar-refractivity contribution in [3.63, 3.8) is 0 Å². The van der Waals surface area contributed by atoms with Gasteiger partial charge in [-0.05, 0) is 32.1 Å². The van der Waals surface area contributed by atoms with Crippen LogP contribution in [0.15, 0.2) is 12.2 Å². The van der Waals surface area contributed by atoms with Crippen molar-refractivity contribution in [3.8, 4) is 6.07 Å². The van der Waals surface area contributed by atoms with Gasteiger partial charge in [0.25, 0.3) is 0 Å². The molecule has 0 aromatic carbocycles. The molecule has 0 radical (unpaired) electrons. The summed E-state index contributed by atoms with van der Waals surface area (Å²) < 4.78 is 0. The molecule has 0 amide bonds. The summed E-state index contributed by atoms with van der Waals surface area (Å²) in [6, 6.07) is 2.34. The molecule has 1 atom stereocenters. The zero-order chi connectivity index (χ0) is 7.23. The van der Waals surface area contributed by atoms with Crippen molar-refractivity contribution in [3.05, 3.63) is 12.2 Å². The topological polar surface area (TPSA) is 23.8 Å². The maximum absolute atomic E-state index is 8.63. The predicted octanol–water partition coefficient (Wildman–Crippen LogP) is 2.65. The van der Waals surface area contributed by atoms with E-state index in [0.717, 1.165) is 25.7 Å². The van der Waals surface area contributed by atoms with E-state index in [1.54, 1.807) is 0 Å². The molecule has 0 unspecified atom stereocenters. The van der Waals surface area contributed by atoms with E-state index in [9.17, 15) is 0 Å². The number of rotatable bonds is 0. The largest absolute Gasteiger partial charge is 0.198 e. The average molecular weight is 135 g/mol. The van der Waals surface area contributed by atoms with Gasteiger partial charge in [0.05, 0.1) is 6.07 Å². The second-order valence-corrected chi connectivity index (χ2v) is 2.81. The van der Waals surface area contributed by atoms with Crippen LogP contribution in [0.5, 0.6) is 0 Å². The Balaban J connectivity index is 2.36. The number of nitrogens with zero attached hydrogens (tertiary/aromatic N) is 1. The SMILES string of the molecule is N#C[C@@H]1CCC=CCCC1. The molecular formula is C9H13N. The smallest absolute Gasteiger partial charge is 0.0655 e. The lowest BCUT2D eigenvalue weighted by Gasteiger charge is -2.07. The van der Waals surface area contributed by atoms with Gasteiger partial charge in [0.2, 0.25) is 0 Å². The lowest BCUT2D eigenvalue weighted by Crippen LogP contribution is -1.97. The Morgan fingerprint density at radius 3 is 2.80 bits per heavy atom. The highest BCUT2D eigenvalue weighted by Crippen LogP contribution is 2.17. The minimum atomic E-state index is 0.324. The summed E-state index contributed by atoms with van der Waals surface area (Å²) in [5.41, 5.74) is 0. The Kier molecular flexibility index (Phi) is 3.02. The molecule has 1 heteroatoms. The van der Waals surface area contributed by atoms with Gasteiger partial charge >= 0.3 is 0 Å². The van der Waals surface area contributed by atoms with Crippen LogP contribution >= 0.6 is 0 Å². The van der Waals surface area contributed by atoms with Crippen molar-refractivity contribution in [2.75, 3.05) is 0 Å². The van der Waals surface area contributed by atoms with Crippen LogP contribution in [-0.2, 0) is 0 Å². The van der Waals surface area contributed by atoms with E-state index in [-0.39, 0.29) is 0 Å². The van der Waals surface area contributed by atoms with Gasteiger partial charge in [0.1, 0.15) is 0 Å². The minimum absolute atomic E-state index is 0.324. The molecule has 10 heavy (non-hydrogen) atoms. The molecule has 0 saturated carbocycles. The molecule has 0 heterocycles. The van der Waals surface area contributed by atoms with Crippen LogP contribution in [0.2, 0.25) is 0 Å². The van der Waals surface area contributed by atoms with Crippen LogP contribution in [0.25, 0.3) is 0 Å². The fourth-order valence-corrected chi connectivity index (χ4v) is 1.29. The number of hydrogen-bond donors (Lipinski definition) is 0. The van der Waals surface area contributed by atoms with Crippen LogP contribution in [0.4, 0.5) is 0 Å². The van der Waals surface area contributed by atoms with Crippen molar-refractivity contribution in [1.29, 1.82) is 5.26 Å². The normalized spacial score (nSPS) is 26.5. The molecule has 0 aromatic heterocycles. The van der Waals surface area contributed by atoms with Gasteiger partial charge in [0.15, 0.2) is 0 Å². The molecule has 0 bridgehead atoms. The third-order valence-corrected chi connectivity index (χ3v) is 1.95. The maximum atomic E-state index is 8.63. The summed E-state index contributed by atoms with van der Waals surface area (Å²) >= 11 is 0. The molecule has 0 spiro atoms. The second kappa shape index (κ2) is 4.11. The fourth-order valence-electron chi connectivity index (χ4n) is 1.29. The van der Waals surface area contributed by atoms with Crippen molar-refractivity contribution in [2.24, 2.45) is 5.92 Å². The molecule has 0 aliphatic heterocycles. The van der Waals surface area contributed by atoms with Crippen LogP contribution in [0.3, 0.4) is 0 Å². The van der Waals surface area contributed by atoms with Gasteiger partial charge in [-0.1, -0.05) is 12.2 Å². The lowest BCUT2D eigenvalue weighted by atomic mass is 9.96. The van der Waals surface area contributed by atoms with E-state index in [1.807, 2.05) is 0 Å². The zero-order valence-corrected chi connectivity index (χ0v) is 6.21. The van der Waals surface area contributed by atoms with E-state index in [4.69, 9.17) is 5.26 Å². The second-order valence-electron chi connectivity index (χ2n) is 2.81. The predicted molar refractivity (Wildman–Crippen MR) is 41.3 cm³/mol. The Morgan fingerprint density at radius 2 is 2.00 bits per heavy atom. The van der Waals surface area contributed by atoms with Crippen molar-refractivity contribution < 1.29 is 0 Å². The van der Waals surface area contributed by atoms with Crippen LogP contribution in [0, 0.1) is 17.2 Å². The van der Waals surface area contributed by atoms with Gasteiger partial charge < -0.3 is 0 Å². The van der Waals surface area contributed by atoms with E-state index in [2.05, 4.69) is 18.2 Å². The molecule has 1 aliphatic rings. The van der Waals surface area contributed by atoms with Gasteiger partial charge in [-0.15, -0.1) is 0 Å². The summed E-state index contributed by atoms with van der Waals surface area (Å²) in [6.45, 7) is 0. The summed E-state index contributed by atoms with van der Waals surface area (Å²) in [5, 5.41) is 8.63. The molecule has 54 valence electrons. The molecule has 0 fully saturated rings. The molecule has 0 aromatic rings. The third-order valence-electron chi connectivity index (χ3n) is 1.95. The lowest BCUT2D eigenvalue weighted by molar-refractivity contribution is 0.531. The van der Waals surface area contributed by atoms with Crippen molar-refractivity contribution in [1.82, 2.24) is 0 Å². The standard InChI is InChI=1S/C9H13N/c10-8-9-6-4-2-1-3-5-7-9/h1-2,9H,3-7H2/t9-/m1/s1. The highest BCUT2D eigenvalue weighted by atomic mass is 14.3. The maximum Gasteiger partial charge on any atom is 0.0655 e. The Labute approximate surface area is 62.4 Å². The summed E-state index contributed by atoms with van der Waals surface area (Å²) in [5.74, 6) is 0.324. The quantitative estimate of drug-likeness (QED) is 0.468. The highest BCUT2D eigenvalue weighted by Gasteiger charge is 2.06. The number of allylic oxidation sites excluding steroid dienone is 2. The average Bonchev–Trinajstić information content (AvgIpc) is 1.87. The van der Waals surface area contributed by atoms with Crippen LogP contribution < -0.4 is 0 Å². The molecule has 1 aliphatic carbocycles. The Hall–Kier alpha value is -0.770. The first-order valence-corrected chi connectivity index (χ1v) is 3.98. The molecule has 1 nitrogen and oxygen atoms in total. The van der Waals surface area contributed by atoms with Crippen LogP contribution in [-0.4, -0.2) is 0 Å². The minimum Gasteiger partial charge on any atom is -0.198 e. The third kappa shape index (κ3) is 2.23. The summed E-state index contributed by atoms with van der Waals surface area (Å²) in [7, 11) is 0. The van der Waals surface area contributed by atoms with Crippen molar-refractivity contribution in [2.45, 2.75) is 32.1 Å². The first-order valence-electron chi connectivity index (χ1n) is 3.98. The number of nitriles is 1. The summed E-state index contributed by atoms with van der Waals surface area (Å²) in [4.78, 5) is 0. The zero-order valence-electron chi connectivity index (χ0n) is 6.21.